The van der Waals surface area contributed by atoms with Crippen molar-refractivity contribution < 1.29 is 9.15 Å². The number of oxazole rings is 1. The fourth-order valence-corrected chi connectivity index (χ4v) is 2.93. The Morgan fingerprint density at radius 1 is 1.42 bits per heavy atom. The van der Waals surface area contributed by atoms with E-state index in [1.54, 1.807) is 19.5 Å². The minimum atomic E-state index is 0.0674. The Labute approximate surface area is 141 Å². The van der Waals surface area contributed by atoms with Gasteiger partial charge in [0.15, 0.2) is 6.39 Å². The Morgan fingerprint density at radius 3 is 2.92 bits per heavy atom. The van der Waals surface area contributed by atoms with Crippen molar-refractivity contribution in [2.45, 2.75) is 25.1 Å². The quantitative estimate of drug-likeness (QED) is 0.842. The van der Waals surface area contributed by atoms with Crippen LogP contribution in [0, 0.1) is 0 Å². The lowest BCUT2D eigenvalue weighted by Crippen LogP contribution is -2.41. The van der Waals surface area contributed by atoms with Crippen LogP contribution in [0.15, 0.2) is 29.3 Å². The highest BCUT2D eigenvalue weighted by Gasteiger charge is 2.35. The van der Waals surface area contributed by atoms with Gasteiger partial charge in [0.05, 0.1) is 24.4 Å². The lowest BCUT2D eigenvalue weighted by molar-refractivity contribution is 0.0928. The first-order valence-corrected chi connectivity index (χ1v) is 8.01. The molecule has 2 aromatic heterocycles. The van der Waals surface area contributed by atoms with Crippen LogP contribution in [-0.2, 0) is 4.74 Å². The SMILES string of the molecule is CO[C@@H]1CN(c2ccnc(N(C)C)n2)C[C@@H]1NC(C)c1cnco1. The van der Waals surface area contributed by atoms with Gasteiger partial charge in [-0.3, -0.25) is 0 Å². The van der Waals surface area contributed by atoms with Crippen molar-refractivity contribution in [2.75, 3.05) is 44.1 Å². The standard InChI is InChI=1S/C16H24N6O2/c1-11(13-7-17-10-24-13)19-12-8-22(9-14(12)23-4)15-5-6-18-16(20-15)21(2)3/h5-7,10-12,14,19H,8-9H2,1-4H3/t11?,12-,14+/m0/s1. The second-order valence-corrected chi connectivity index (χ2v) is 6.19. The minimum Gasteiger partial charge on any atom is -0.447 e. The van der Waals surface area contributed by atoms with Crippen molar-refractivity contribution in [1.82, 2.24) is 20.3 Å². The normalized spacial score (nSPS) is 21.9. The molecule has 0 bridgehead atoms. The molecule has 0 spiro atoms. The highest BCUT2D eigenvalue weighted by molar-refractivity contribution is 5.45. The van der Waals surface area contributed by atoms with E-state index in [4.69, 9.17) is 9.15 Å². The summed E-state index contributed by atoms with van der Waals surface area (Å²) in [6.07, 6.45) is 5.05. The van der Waals surface area contributed by atoms with Crippen LogP contribution in [0.25, 0.3) is 0 Å². The third kappa shape index (κ3) is 3.49. The second-order valence-electron chi connectivity index (χ2n) is 6.19. The van der Waals surface area contributed by atoms with Crippen LogP contribution in [0.4, 0.5) is 11.8 Å². The maximum absolute atomic E-state index is 5.67. The molecule has 8 nitrogen and oxygen atoms in total. The summed E-state index contributed by atoms with van der Waals surface area (Å²) in [4.78, 5) is 17.0. The van der Waals surface area contributed by atoms with Gasteiger partial charge in [-0.15, -0.1) is 0 Å². The number of ether oxygens (including phenoxy) is 1. The maximum atomic E-state index is 5.67. The zero-order valence-corrected chi connectivity index (χ0v) is 14.5. The molecule has 2 aromatic rings. The zero-order chi connectivity index (χ0) is 17.1. The molecule has 0 amide bonds. The molecular weight excluding hydrogens is 308 g/mol. The first-order chi connectivity index (χ1) is 11.6. The summed E-state index contributed by atoms with van der Waals surface area (Å²) in [7, 11) is 5.61. The third-order valence-corrected chi connectivity index (χ3v) is 4.26. The molecule has 0 radical (unpaired) electrons. The monoisotopic (exact) mass is 332 g/mol. The van der Waals surface area contributed by atoms with Gasteiger partial charge < -0.3 is 24.3 Å². The van der Waals surface area contributed by atoms with Crippen molar-refractivity contribution in [2.24, 2.45) is 0 Å². The number of hydrogen-bond donors (Lipinski definition) is 1. The van der Waals surface area contributed by atoms with Crippen LogP contribution in [-0.4, -0.2) is 61.4 Å². The van der Waals surface area contributed by atoms with Gasteiger partial charge in [-0.05, 0) is 13.0 Å². The van der Waals surface area contributed by atoms with Gasteiger partial charge in [0.1, 0.15) is 11.6 Å². The molecule has 3 rings (SSSR count). The number of aromatic nitrogens is 3. The Kier molecular flexibility index (Phi) is 4.96. The average molecular weight is 332 g/mol. The number of hydrogen-bond acceptors (Lipinski definition) is 8. The van der Waals surface area contributed by atoms with Crippen molar-refractivity contribution >= 4 is 11.8 Å². The number of methoxy groups -OCH3 is 1. The van der Waals surface area contributed by atoms with E-state index in [0.29, 0.717) is 5.95 Å². The molecule has 130 valence electrons. The van der Waals surface area contributed by atoms with E-state index in [-0.39, 0.29) is 18.2 Å². The summed E-state index contributed by atoms with van der Waals surface area (Å²) in [6.45, 7) is 3.65. The molecule has 1 N–H and O–H groups in total. The number of nitrogens with zero attached hydrogens (tertiary/aromatic N) is 5. The van der Waals surface area contributed by atoms with Gasteiger partial charge in [-0.25, -0.2) is 9.97 Å². The molecule has 1 aliphatic rings. The van der Waals surface area contributed by atoms with E-state index in [9.17, 15) is 0 Å². The first-order valence-electron chi connectivity index (χ1n) is 8.01. The van der Waals surface area contributed by atoms with E-state index in [2.05, 4.69) is 32.1 Å². The molecule has 3 heterocycles. The summed E-state index contributed by atoms with van der Waals surface area (Å²) in [5.41, 5.74) is 0. The predicted octanol–water partition coefficient (Wildman–Crippen LogP) is 1.08. The largest absolute Gasteiger partial charge is 0.447 e. The topological polar surface area (TPSA) is 79.5 Å². The van der Waals surface area contributed by atoms with E-state index < -0.39 is 0 Å². The Bertz CT molecular complexity index is 648. The third-order valence-electron chi connectivity index (χ3n) is 4.26. The average Bonchev–Trinajstić information content (AvgIpc) is 3.24. The van der Waals surface area contributed by atoms with Crippen LogP contribution in [0.1, 0.15) is 18.7 Å². The van der Waals surface area contributed by atoms with E-state index in [1.807, 2.05) is 25.1 Å². The van der Waals surface area contributed by atoms with Gasteiger partial charge in [-0.2, -0.15) is 4.98 Å². The van der Waals surface area contributed by atoms with Crippen molar-refractivity contribution in [3.8, 4) is 0 Å². The Balaban J connectivity index is 1.71. The molecule has 8 heteroatoms. The molecule has 3 atom stereocenters. The van der Waals surface area contributed by atoms with Gasteiger partial charge in [0, 0.05) is 40.5 Å². The lowest BCUT2D eigenvalue weighted by atomic mass is 10.1. The fraction of sp³-hybridized carbons (Fsp3) is 0.562. The van der Waals surface area contributed by atoms with Gasteiger partial charge >= 0.3 is 0 Å². The van der Waals surface area contributed by atoms with Crippen LogP contribution < -0.4 is 15.1 Å². The molecule has 0 aromatic carbocycles. The molecule has 1 fully saturated rings. The smallest absolute Gasteiger partial charge is 0.226 e. The molecule has 24 heavy (non-hydrogen) atoms. The Hall–Kier alpha value is -2.19. The summed E-state index contributed by atoms with van der Waals surface area (Å²) >= 11 is 0. The van der Waals surface area contributed by atoms with E-state index >= 15 is 0 Å². The van der Waals surface area contributed by atoms with Crippen LogP contribution >= 0.6 is 0 Å². The van der Waals surface area contributed by atoms with Gasteiger partial charge in [0.2, 0.25) is 5.95 Å². The van der Waals surface area contributed by atoms with Crippen molar-refractivity contribution in [3.63, 3.8) is 0 Å². The Morgan fingerprint density at radius 2 is 2.25 bits per heavy atom. The van der Waals surface area contributed by atoms with Crippen LogP contribution in [0.5, 0.6) is 0 Å². The maximum Gasteiger partial charge on any atom is 0.226 e. The first kappa shape index (κ1) is 16.7. The van der Waals surface area contributed by atoms with E-state index in [1.165, 1.54) is 6.39 Å². The van der Waals surface area contributed by atoms with E-state index in [0.717, 1.165) is 24.7 Å². The minimum absolute atomic E-state index is 0.0674. The number of rotatable bonds is 6. The highest BCUT2D eigenvalue weighted by Crippen LogP contribution is 2.23. The van der Waals surface area contributed by atoms with Crippen LogP contribution in [0.3, 0.4) is 0 Å². The molecular formula is C16H24N6O2. The predicted molar refractivity (Wildman–Crippen MR) is 91.2 cm³/mol. The molecule has 1 saturated heterocycles. The van der Waals surface area contributed by atoms with Crippen molar-refractivity contribution in [3.05, 3.63) is 30.6 Å². The summed E-state index contributed by atoms with van der Waals surface area (Å²) < 4.78 is 11.0. The number of anilines is 2. The molecule has 1 unspecified atom stereocenters. The summed E-state index contributed by atoms with van der Waals surface area (Å²) in [5.74, 6) is 2.43. The summed E-state index contributed by atoms with van der Waals surface area (Å²) in [5, 5.41) is 3.57. The lowest BCUT2D eigenvalue weighted by Gasteiger charge is -2.22. The van der Waals surface area contributed by atoms with Gasteiger partial charge in [0.25, 0.3) is 0 Å². The summed E-state index contributed by atoms with van der Waals surface area (Å²) in [6, 6.07) is 2.17. The highest BCUT2D eigenvalue weighted by atomic mass is 16.5. The van der Waals surface area contributed by atoms with Crippen LogP contribution in [0.2, 0.25) is 0 Å². The second kappa shape index (κ2) is 7.14. The number of nitrogens with one attached hydrogen (secondary N) is 1. The molecule has 1 aliphatic heterocycles. The molecule has 0 aliphatic carbocycles. The fourth-order valence-electron chi connectivity index (χ4n) is 2.93. The van der Waals surface area contributed by atoms with Gasteiger partial charge in [-0.1, -0.05) is 0 Å². The van der Waals surface area contributed by atoms with Crippen molar-refractivity contribution in [1.29, 1.82) is 0 Å². The zero-order valence-electron chi connectivity index (χ0n) is 14.5. The molecule has 0 saturated carbocycles.